The predicted octanol–water partition coefficient (Wildman–Crippen LogP) is -0.153. The zero-order valence-electron chi connectivity index (χ0n) is 30.4. The molecule has 7 aliphatic rings. The van der Waals surface area contributed by atoms with Crippen LogP contribution in [0.15, 0.2) is 23.8 Å². The highest BCUT2D eigenvalue weighted by Gasteiger charge is 2.68. The molecule has 52 heavy (non-hydrogen) atoms. The third kappa shape index (κ3) is 6.36. The van der Waals surface area contributed by atoms with Crippen molar-refractivity contribution in [3.8, 4) is 0 Å². The Balaban J connectivity index is 1.00. The van der Waals surface area contributed by atoms with Crippen LogP contribution in [0.4, 0.5) is 0 Å². The standard InChI is InChI=1S/C38H60O14/c1-17(15-48-34-33(46)31(44)30(43)26(14-39)50-34)7-10-38(47)18(2)28-25(52-38)13-23-21-6-5-19-11-20(40)12-27(37(19,4)22(21)8-9-36(23,28)3)51-35-32(45)29(42)24(41)16-49-35/h5,18,20-35,39-47H,1,6-16H2,2-4H3/t18-,20+,21+,22-,23-,24-,25-,26+,27+,28-,29-,30+,31-,32+,33+,34+,35-,36-,37-,38-/m0/s1. The molecule has 296 valence electrons. The third-order valence-electron chi connectivity index (χ3n) is 14.7. The second-order valence-electron chi connectivity index (χ2n) is 17.4. The third-order valence-corrected chi connectivity index (χ3v) is 14.7. The first-order valence-corrected chi connectivity index (χ1v) is 19.2. The second-order valence-corrected chi connectivity index (χ2v) is 17.4. The molecule has 3 saturated carbocycles. The molecule has 0 radical (unpaired) electrons. The number of hydrogen-bond acceptors (Lipinski definition) is 14. The lowest BCUT2D eigenvalue weighted by atomic mass is 9.46. The molecule has 3 aliphatic heterocycles. The number of aliphatic hydroxyl groups excluding tert-OH is 8. The first-order valence-electron chi connectivity index (χ1n) is 19.2. The summed E-state index contributed by atoms with van der Waals surface area (Å²) in [7, 11) is 0. The normalized spacial score (nSPS) is 54.5. The van der Waals surface area contributed by atoms with Crippen LogP contribution >= 0.6 is 0 Å². The summed E-state index contributed by atoms with van der Waals surface area (Å²) < 4.78 is 29.8. The topological polar surface area (TPSA) is 228 Å². The van der Waals surface area contributed by atoms with Crippen molar-refractivity contribution in [3.63, 3.8) is 0 Å². The molecule has 0 aromatic carbocycles. The van der Waals surface area contributed by atoms with Crippen molar-refractivity contribution in [1.82, 2.24) is 0 Å². The largest absolute Gasteiger partial charge is 0.394 e. The van der Waals surface area contributed by atoms with Gasteiger partial charge < -0.3 is 69.6 Å². The number of fused-ring (bicyclic) bond motifs is 7. The van der Waals surface area contributed by atoms with E-state index in [0.29, 0.717) is 43.1 Å². The molecule has 9 N–H and O–H groups in total. The van der Waals surface area contributed by atoms with Crippen molar-refractivity contribution in [3.05, 3.63) is 23.8 Å². The van der Waals surface area contributed by atoms with Crippen LogP contribution < -0.4 is 0 Å². The smallest absolute Gasteiger partial charge is 0.187 e. The van der Waals surface area contributed by atoms with Crippen LogP contribution in [-0.4, -0.2) is 145 Å². The first-order chi connectivity index (χ1) is 24.5. The first kappa shape index (κ1) is 39.2. The lowest BCUT2D eigenvalue weighted by Gasteiger charge is -2.60. The van der Waals surface area contributed by atoms with E-state index in [1.165, 1.54) is 5.57 Å². The molecule has 0 aromatic heterocycles. The maximum Gasteiger partial charge on any atom is 0.187 e. The van der Waals surface area contributed by atoms with Crippen molar-refractivity contribution in [2.75, 3.05) is 19.8 Å². The van der Waals surface area contributed by atoms with E-state index >= 15 is 0 Å². The Kier molecular flexibility index (Phi) is 10.9. The summed E-state index contributed by atoms with van der Waals surface area (Å²) in [6, 6.07) is 0. The van der Waals surface area contributed by atoms with Crippen molar-refractivity contribution in [1.29, 1.82) is 0 Å². The Morgan fingerprint density at radius 3 is 2.42 bits per heavy atom. The molecule has 0 spiro atoms. The molecule has 7 rings (SSSR count). The van der Waals surface area contributed by atoms with Crippen molar-refractivity contribution in [2.24, 2.45) is 40.4 Å². The Hall–Kier alpha value is -1.08. The monoisotopic (exact) mass is 740 g/mol. The zero-order chi connectivity index (χ0) is 37.5. The quantitative estimate of drug-likeness (QED) is 0.140. The van der Waals surface area contributed by atoms with Crippen LogP contribution in [0.2, 0.25) is 0 Å². The van der Waals surface area contributed by atoms with Gasteiger partial charge >= 0.3 is 0 Å². The van der Waals surface area contributed by atoms with Crippen molar-refractivity contribution >= 4 is 0 Å². The summed E-state index contributed by atoms with van der Waals surface area (Å²) in [5.74, 6) is -0.465. The van der Waals surface area contributed by atoms with E-state index in [-0.39, 0.29) is 42.5 Å². The second kappa shape index (κ2) is 14.5. The summed E-state index contributed by atoms with van der Waals surface area (Å²) in [5.41, 5.74) is 1.30. The molecule has 14 heteroatoms. The minimum atomic E-state index is -1.53. The summed E-state index contributed by atoms with van der Waals surface area (Å²) >= 11 is 0. The molecule has 6 fully saturated rings. The maximum absolute atomic E-state index is 11.9. The summed E-state index contributed by atoms with van der Waals surface area (Å²) in [5, 5.41) is 93.7. The van der Waals surface area contributed by atoms with Gasteiger partial charge in [0.15, 0.2) is 18.4 Å². The number of hydrogen-bond donors (Lipinski definition) is 9. The van der Waals surface area contributed by atoms with Gasteiger partial charge in [-0.2, -0.15) is 0 Å². The van der Waals surface area contributed by atoms with E-state index in [4.69, 9.17) is 23.7 Å². The summed E-state index contributed by atoms with van der Waals surface area (Å²) in [4.78, 5) is 0. The van der Waals surface area contributed by atoms with Crippen LogP contribution in [-0.2, 0) is 23.7 Å². The molecule has 0 aromatic rings. The highest BCUT2D eigenvalue weighted by Crippen LogP contribution is 2.70. The van der Waals surface area contributed by atoms with Crippen LogP contribution in [0.5, 0.6) is 0 Å². The van der Waals surface area contributed by atoms with Gasteiger partial charge in [0.1, 0.15) is 42.7 Å². The highest BCUT2D eigenvalue weighted by atomic mass is 16.7. The Bertz CT molecular complexity index is 1340. The molecule has 4 aliphatic carbocycles. The average molecular weight is 741 g/mol. The van der Waals surface area contributed by atoms with Gasteiger partial charge in [0.25, 0.3) is 0 Å². The van der Waals surface area contributed by atoms with E-state index in [0.717, 1.165) is 25.7 Å². The van der Waals surface area contributed by atoms with Gasteiger partial charge in [0, 0.05) is 24.2 Å². The van der Waals surface area contributed by atoms with Crippen LogP contribution in [0.1, 0.15) is 72.1 Å². The van der Waals surface area contributed by atoms with Gasteiger partial charge in [-0.1, -0.05) is 44.6 Å². The fourth-order valence-corrected chi connectivity index (χ4v) is 11.7. The molecule has 3 saturated heterocycles. The fraction of sp³-hybridized carbons (Fsp3) is 0.895. The van der Waals surface area contributed by atoms with Gasteiger partial charge in [-0.05, 0) is 67.6 Å². The molecule has 20 atom stereocenters. The average Bonchev–Trinajstić information content (AvgIpc) is 3.55. The Labute approximate surface area is 305 Å². The molecular weight excluding hydrogens is 680 g/mol. The van der Waals surface area contributed by atoms with Crippen LogP contribution in [0, 0.1) is 40.4 Å². The number of rotatable bonds is 9. The van der Waals surface area contributed by atoms with Gasteiger partial charge in [-0.3, -0.25) is 0 Å². The van der Waals surface area contributed by atoms with E-state index in [1.54, 1.807) is 0 Å². The number of ether oxygens (including phenoxy) is 5. The molecule has 0 unspecified atom stereocenters. The van der Waals surface area contributed by atoms with Gasteiger partial charge in [0.05, 0.1) is 38.1 Å². The minimum absolute atomic E-state index is 0.0206. The highest BCUT2D eigenvalue weighted by molar-refractivity contribution is 5.28. The Morgan fingerprint density at radius 1 is 0.962 bits per heavy atom. The zero-order valence-corrected chi connectivity index (χ0v) is 30.4. The lowest BCUT2D eigenvalue weighted by Crippen LogP contribution is -2.60. The van der Waals surface area contributed by atoms with Gasteiger partial charge in [-0.25, -0.2) is 0 Å². The summed E-state index contributed by atoms with van der Waals surface area (Å²) in [6.07, 6.45) is -5.64. The maximum atomic E-state index is 11.9. The lowest BCUT2D eigenvalue weighted by molar-refractivity contribution is -0.300. The minimum Gasteiger partial charge on any atom is -0.394 e. The Morgan fingerprint density at radius 2 is 1.69 bits per heavy atom. The van der Waals surface area contributed by atoms with Crippen LogP contribution in [0.3, 0.4) is 0 Å². The van der Waals surface area contributed by atoms with Gasteiger partial charge in [-0.15, -0.1) is 0 Å². The van der Waals surface area contributed by atoms with E-state index in [9.17, 15) is 46.0 Å². The van der Waals surface area contributed by atoms with E-state index in [1.807, 2.05) is 0 Å². The van der Waals surface area contributed by atoms with Crippen molar-refractivity contribution < 1.29 is 69.6 Å². The summed E-state index contributed by atoms with van der Waals surface area (Å²) in [6.45, 7) is 10.0. The van der Waals surface area contributed by atoms with E-state index < -0.39 is 85.3 Å². The fourth-order valence-electron chi connectivity index (χ4n) is 11.7. The predicted molar refractivity (Wildman–Crippen MR) is 182 cm³/mol. The number of aliphatic hydroxyl groups is 9. The van der Waals surface area contributed by atoms with Crippen LogP contribution in [0.25, 0.3) is 0 Å². The molecule has 0 bridgehead atoms. The van der Waals surface area contributed by atoms with E-state index in [2.05, 4.69) is 33.4 Å². The van der Waals surface area contributed by atoms with Crippen molar-refractivity contribution in [2.45, 2.75) is 152 Å². The molecule has 3 heterocycles. The SMILES string of the molecule is C=C(CC[C@]1(O)O[C@H]2C[C@H]3[C@@H]4CC=C5C[C@@H](O)C[C@@H](O[C@@H]6OC[C@H](O)[C@H](O)[C@H]6O)[C@]5(C)[C@H]4CC[C@]3(C)[C@H]2[C@@H]1C)CO[C@@H]1O[C@H](CO)[C@@H](O)[C@H](O)[C@H]1O. The number of allylic oxidation sites excluding steroid dienone is 1. The van der Waals surface area contributed by atoms with Gasteiger partial charge in [0.2, 0.25) is 0 Å². The molecule has 0 amide bonds. The molecular formula is C38H60O14. The molecule has 14 nitrogen and oxygen atoms in total.